The smallest absolute Gasteiger partial charge is 0.187 e. The summed E-state index contributed by atoms with van der Waals surface area (Å²) in [5.74, 6) is 5.60. The van der Waals surface area contributed by atoms with Gasteiger partial charge in [-0.05, 0) is 31.3 Å². The zero-order valence-corrected chi connectivity index (χ0v) is 9.40. The molecule has 0 aliphatic rings. The highest BCUT2D eigenvalue weighted by Crippen LogP contribution is 2.20. The summed E-state index contributed by atoms with van der Waals surface area (Å²) < 4.78 is 0. The lowest BCUT2D eigenvalue weighted by Gasteiger charge is -2.18. The Morgan fingerprint density at radius 2 is 2.21 bits per heavy atom. The number of halogens is 1. The van der Waals surface area contributed by atoms with E-state index in [4.69, 9.17) is 29.7 Å². The van der Waals surface area contributed by atoms with Gasteiger partial charge in [-0.2, -0.15) is 0 Å². The van der Waals surface area contributed by atoms with Gasteiger partial charge in [-0.25, -0.2) is 5.84 Å². The zero-order valence-electron chi connectivity index (χ0n) is 7.83. The third kappa shape index (κ3) is 2.83. The van der Waals surface area contributed by atoms with Crippen molar-refractivity contribution in [1.82, 2.24) is 5.01 Å². The fourth-order valence-electron chi connectivity index (χ4n) is 0.893. The molecule has 1 aromatic rings. The van der Waals surface area contributed by atoms with E-state index in [0.29, 0.717) is 16.7 Å². The first-order valence-corrected chi connectivity index (χ1v) is 5.01. The van der Waals surface area contributed by atoms with Gasteiger partial charge >= 0.3 is 0 Å². The molecule has 5 heteroatoms. The maximum atomic E-state index is 5.93. The van der Waals surface area contributed by atoms with Gasteiger partial charge in [-0.1, -0.05) is 23.7 Å². The van der Waals surface area contributed by atoms with Crippen molar-refractivity contribution in [2.75, 3.05) is 11.9 Å². The molecular weight excluding hydrogens is 218 g/mol. The van der Waals surface area contributed by atoms with E-state index in [0.717, 1.165) is 5.69 Å². The van der Waals surface area contributed by atoms with Crippen LogP contribution in [0, 0.1) is 0 Å². The normalized spacial score (nSPS) is 9.64. The van der Waals surface area contributed by atoms with E-state index in [1.807, 2.05) is 25.1 Å². The third-order valence-electron chi connectivity index (χ3n) is 1.72. The van der Waals surface area contributed by atoms with Crippen LogP contribution in [0.3, 0.4) is 0 Å². The van der Waals surface area contributed by atoms with E-state index in [1.54, 1.807) is 6.07 Å². The Morgan fingerprint density at radius 3 is 2.79 bits per heavy atom. The molecule has 0 aliphatic carbocycles. The number of nitrogens with two attached hydrogens (primary N) is 1. The lowest BCUT2D eigenvalue weighted by molar-refractivity contribution is 0.473. The van der Waals surface area contributed by atoms with Gasteiger partial charge in [0.1, 0.15) is 0 Å². The highest BCUT2D eigenvalue weighted by atomic mass is 35.5. The Labute approximate surface area is 93.8 Å². The minimum Gasteiger partial charge on any atom is -0.330 e. The van der Waals surface area contributed by atoms with Crippen molar-refractivity contribution in [3.05, 3.63) is 29.3 Å². The van der Waals surface area contributed by atoms with Crippen LogP contribution in [-0.4, -0.2) is 16.7 Å². The Hall–Kier alpha value is -0.840. The molecule has 0 saturated carbocycles. The summed E-state index contributed by atoms with van der Waals surface area (Å²) in [6.45, 7) is 2.57. The van der Waals surface area contributed by atoms with E-state index in [2.05, 4.69) is 5.32 Å². The molecule has 0 fully saturated rings. The van der Waals surface area contributed by atoms with Gasteiger partial charge in [0.2, 0.25) is 0 Å². The predicted molar refractivity (Wildman–Crippen MR) is 64.2 cm³/mol. The number of thiocarbonyl (C=S) groups is 1. The molecule has 0 unspecified atom stereocenters. The second kappa shape index (κ2) is 5.14. The van der Waals surface area contributed by atoms with Crippen molar-refractivity contribution in [2.24, 2.45) is 5.84 Å². The molecule has 3 nitrogen and oxygen atoms in total. The first-order valence-electron chi connectivity index (χ1n) is 4.23. The molecule has 3 N–H and O–H groups in total. The molecule has 76 valence electrons. The fraction of sp³-hybridized carbons (Fsp3) is 0.222. The minimum atomic E-state index is 0.459. The van der Waals surface area contributed by atoms with Gasteiger partial charge in [-0.3, -0.25) is 5.01 Å². The number of nitrogens with one attached hydrogen (secondary N) is 1. The third-order valence-corrected chi connectivity index (χ3v) is 2.38. The van der Waals surface area contributed by atoms with E-state index in [-0.39, 0.29) is 0 Å². The lowest BCUT2D eigenvalue weighted by atomic mass is 10.3. The predicted octanol–water partition coefficient (Wildman–Crippen LogP) is 2.23. The average molecular weight is 230 g/mol. The second-order valence-corrected chi connectivity index (χ2v) is 3.49. The standard InChI is InChI=1S/C9H12ClN3S/c1-2-13(11)9(14)12-8-6-4-3-5-7(8)10/h3-6H,2,11H2,1H3,(H,12,14). The molecule has 0 saturated heterocycles. The summed E-state index contributed by atoms with van der Waals surface area (Å²) in [6, 6.07) is 7.37. The van der Waals surface area contributed by atoms with Crippen molar-refractivity contribution in [1.29, 1.82) is 0 Å². The van der Waals surface area contributed by atoms with Crippen molar-refractivity contribution < 1.29 is 0 Å². The maximum absolute atomic E-state index is 5.93. The molecule has 0 aliphatic heterocycles. The van der Waals surface area contributed by atoms with Crippen LogP contribution in [0.25, 0.3) is 0 Å². The number of benzene rings is 1. The lowest BCUT2D eigenvalue weighted by Crippen LogP contribution is -2.40. The molecule has 1 aromatic carbocycles. The molecule has 0 spiro atoms. The highest BCUT2D eigenvalue weighted by Gasteiger charge is 2.04. The van der Waals surface area contributed by atoms with Gasteiger partial charge in [0, 0.05) is 6.54 Å². The van der Waals surface area contributed by atoms with Crippen molar-refractivity contribution in [3.8, 4) is 0 Å². The molecule has 1 rings (SSSR count). The molecule has 0 radical (unpaired) electrons. The number of rotatable bonds is 2. The molecule has 14 heavy (non-hydrogen) atoms. The number of anilines is 1. The van der Waals surface area contributed by atoms with E-state index in [1.165, 1.54) is 5.01 Å². The summed E-state index contributed by atoms with van der Waals surface area (Å²) >= 11 is 11.0. The molecule has 0 atom stereocenters. The van der Waals surface area contributed by atoms with Crippen LogP contribution in [-0.2, 0) is 0 Å². The largest absolute Gasteiger partial charge is 0.330 e. The molecule has 0 aromatic heterocycles. The molecule has 0 heterocycles. The first-order chi connectivity index (χ1) is 6.65. The average Bonchev–Trinajstić information content (AvgIpc) is 2.20. The van der Waals surface area contributed by atoms with E-state index in [9.17, 15) is 0 Å². The monoisotopic (exact) mass is 229 g/mol. The second-order valence-electron chi connectivity index (χ2n) is 2.70. The first kappa shape index (κ1) is 11.2. The number of para-hydroxylation sites is 1. The highest BCUT2D eigenvalue weighted by molar-refractivity contribution is 7.80. The van der Waals surface area contributed by atoms with Gasteiger partial charge in [0.15, 0.2) is 5.11 Å². The summed E-state index contributed by atoms with van der Waals surface area (Å²) in [7, 11) is 0. The van der Waals surface area contributed by atoms with Crippen LogP contribution in [0.2, 0.25) is 5.02 Å². The Morgan fingerprint density at radius 1 is 1.57 bits per heavy atom. The number of hydrogen-bond donors (Lipinski definition) is 2. The van der Waals surface area contributed by atoms with Crippen molar-refractivity contribution in [3.63, 3.8) is 0 Å². The Bertz CT molecular complexity index is 330. The SMILES string of the molecule is CCN(N)C(=S)Nc1ccccc1Cl. The molecular formula is C9H12ClN3S. The van der Waals surface area contributed by atoms with Crippen LogP contribution >= 0.6 is 23.8 Å². The van der Waals surface area contributed by atoms with Crippen molar-refractivity contribution in [2.45, 2.75) is 6.92 Å². The van der Waals surface area contributed by atoms with Crippen LogP contribution in [0.15, 0.2) is 24.3 Å². The molecule has 0 bridgehead atoms. The number of hydrazine groups is 1. The summed E-state index contributed by atoms with van der Waals surface area (Å²) in [5, 5.41) is 5.49. The van der Waals surface area contributed by atoms with Crippen LogP contribution < -0.4 is 11.2 Å². The van der Waals surface area contributed by atoms with Crippen LogP contribution in [0.4, 0.5) is 5.69 Å². The van der Waals surface area contributed by atoms with Gasteiger partial charge < -0.3 is 5.32 Å². The Balaban J connectivity index is 2.70. The number of hydrogen-bond acceptors (Lipinski definition) is 2. The minimum absolute atomic E-state index is 0.459. The Kier molecular flexibility index (Phi) is 4.13. The number of nitrogens with zero attached hydrogens (tertiary/aromatic N) is 1. The maximum Gasteiger partial charge on any atom is 0.187 e. The van der Waals surface area contributed by atoms with E-state index >= 15 is 0 Å². The topological polar surface area (TPSA) is 41.3 Å². The van der Waals surface area contributed by atoms with Gasteiger partial charge in [0.05, 0.1) is 10.7 Å². The summed E-state index contributed by atoms with van der Waals surface area (Å²) in [5.41, 5.74) is 0.767. The van der Waals surface area contributed by atoms with Gasteiger partial charge in [0.25, 0.3) is 0 Å². The van der Waals surface area contributed by atoms with Crippen LogP contribution in [0.5, 0.6) is 0 Å². The van der Waals surface area contributed by atoms with E-state index < -0.39 is 0 Å². The van der Waals surface area contributed by atoms with Crippen LogP contribution in [0.1, 0.15) is 6.92 Å². The quantitative estimate of drug-likeness (QED) is 0.464. The van der Waals surface area contributed by atoms with Crippen molar-refractivity contribution >= 4 is 34.6 Å². The molecule has 0 amide bonds. The summed E-state index contributed by atoms with van der Waals surface area (Å²) in [4.78, 5) is 0. The zero-order chi connectivity index (χ0) is 10.6. The summed E-state index contributed by atoms with van der Waals surface area (Å²) in [6.07, 6.45) is 0. The van der Waals surface area contributed by atoms with Gasteiger partial charge in [-0.15, -0.1) is 0 Å². The fourth-order valence-corrected chi connectivity index (χ4v) is 1.32.